The Bertz CT molecular complexity index is 837. The van der Waals surface area contributed by atoms with E-state index in [9.17, 15) is 14.4 Å². The van der Waals surface area contributed by atoms with E-state index in [0.29, 0.717) is 29.9 Å². The fourth-order valence-corrected chi connectivity index (χ4v) is 2.25. The van der Waals surface area contributed by atoms with E-state index >= 15 is 0 Å². The van der Waals surface area contributed by atoms with Crippen molar-refractivity contribution in [1.29, 1.82) is 5.26 Å². The number of benzene rings is 2. The summed E-state index contributed by atoms with van der Waals surface area (Å²) in [6.07, 6.45) is 2.56. The molecule has 0 saturated carbocycles. The minimum atomic E-state index is -0.465. The molecule has 2 aromatic carbocycles. The Morgan fingerprint density at radius 2 is 2.00 bits per heavy atom. The standard InChI is InChI=1S/C20H18FNO3/c1-3-6-20(23)25-18-10-9-14(12-19(18)24-2)11-15(13-22)16-7-4-5-8-17(16)21/h4-5,7-12H,3,6H2,1-2H3/b15-11-. The molecule has 0 atom stereocenters. The van der Waals surface area contributed by atoms with Crippen LogP contribution in [0.5, 0.6) is 11.5 Å². The lowest BCUT2D eigenvalue weighted by Gasteiger charge is -2.10. The normalized spacial score (nSPS) is 10.9. The first-order valence-corrected chi connectivity index (χ1v) is 7.84. The van der Waals surface area contributed by atoms with E-state index in [0.717, 1.165) is 0 Å². The first-order valence-electron chi connectivity index (χ1n) is 7.84. The zero-order valence-electron chi connectivity index (χ0n) is 14.1. The second-order valence-electron chi connectivity index (χ2n) is 5.28. The van der Waals surface area contributed by atoms with Crippen LogP contribution in [-0.4, -0.2) is 13.1 Å². The molecule has 0 saturated heterocycles. The van der Waals surface area contributed by atoms with E-state index in [-0.39, 0.29) is 17.1 Å². The Morgan fingerprint density at radius 1 is 1.24 bits per heavy atom. The second kappa shape index (κ2) is 8.65. The number of carbonyl (C=O) groups is 1. The van der Waals surface area contributed by atoms with Crippen molar-refractivity contribution in [1.82, 2.24) is 0 Å². The van der Waals surface area contributed by atoms with Crippen LogP contribution in [0, 0.1) is 17.1 Å². The van der Waals surface area contributed by atoms with Gasteiger partial charge in [-0.05, 0) is 36.3 Å². The van der Waals surface area contributed by atoms with Crippen LogP contribution in [-0.2, 0) is 4.79 Å². The first-order chi connectivity index (χ1) is 12.1. The van der Waals surface area contributed by atoms with Crippen LogP contribution in [0.1, 0.15) is 30.9 Å². The van der Waals surface area contributed by atoms with Crippen LogP contribution in [0.4, 0.5) is 4.39 Å². The molecule has 2 aromatic rings. The number of hydrogen-bond donors (Lipinski definition) is 0. The molecule has 0 aliphatic heterocycles. The third kappa shape index (κ3) is 4.67. The van der Waals surface area contributed by atoms with Gasteiger partial charge in [0, 0.05) is 12.0 Å². The highest BCUT2D eigenvalue weighted by Gasteiger charge is 2.11. The van der Waals surface area contributed by atoms with Crippen LogP contribution in [0.15, 0.2) is 42.5 Å². The van der Waals surface area contributed by atoms with Crippen LogP contribution < -0.4 is 9.47 Å². The third-order valence-electron chi connectivity index (χ3n) is 3.46. The van der Waals surface area contributed by atoms with Crippen LogP contribution >= 0.6 is 0 Å². The summed E-state index contributed by atoms with van der Waals surface area (Å²) in [7, 11) is 1.46. The van der Waals surface area contributed by atoms with Gasteiger partial charge in [-0.2, -0.15) is 5.26 Å². The molecule has 0 aliphatic carbocycles. The second-order valence-corrected chi connectivity index (χ2v) is 5.28. The van der Waals surface area contributed by atoms with Crippen molar-refractivity contribution in [2.45, 2.75) is 19.8 Å². The van der Waals surface area contributed by atoms with Gasteiger partial charge in [-0.15, -0.1) is 0 Å². The quantitative estimate of drug-likeness (QED) is 0.334. The molecule has 0 radical (unpaired) electrons. The molecule has 0 N–H and O–H groups in total. The van der Waals surface area contributed by atoms with Crippen molar-refractivity contribution < 1.29 is 18.7 Å². The van der Waals surface area contributed by atoms with Crippen LogP contribution in [0.25, 0.3) is 11.6 Å². The van der Waals surface area contributed by atoms with Gasteiger partial charge in [0.1, 0.15) is 5.82 Å². The van der Waals surface area contributed by atoms with Crippen LogP contribution in [0.3, 0.4) is 0 Å². The molecule has 0 heterocycles. The summed E-state index contributed by atoms with van der Waals surface area (Å²) in [5.74, 6) is -0.132. The minimum absolute atomic E-state index is 0.191. The number of methoxy groups -OCH3 is 1. The number of carbonyl (C=O) groups excluding carboxylic acids is 1. The molecule has 25 heavy (non-hydrogen) atoms. The maximum absolute atomic E-state index is 13.9. The Morgan fingerprint density at radius 3 is 2.64 bits per heavy atom. The van der Waals surface area contributed by atoms with E-state index in [1.807, 2.05) is 13.0 Å². The Hall–Kier alpha value is -3.13. The number of halogens is 1. The van der Waals surface area contributed by atoms with E-state index < -0.39 is 5.82 Å². The summed E-state index contributed by atoms with van der Waals surface area (Å²) in [6.45, 7) is 1.89. The lowest BCUT2D eigenvalue weighted by Crippen LogP contribution is -2.07. The fraction of sp³-hybridized carbons (Fsp3) is 0.200. The molecule has 0 aliphatic rings. The van der Waals surface area contributed by atoms with Gasteiger partial charge in [0.2, 0.25) is 0 Å². The predicted molar refractivity (Wildman–Crippen MR) is 93.4 cm³/mol. The first kappa shape index (κ1) is 18.2. The average Bonchev–Trinajstić information content (AvgIpc) is 2.61. The molecule has 0 spiro atoms. The van der Waals surface area contributed by atoms with Gasteiger partial charge < -0.3 is 9.47 Å². The van der Waals surface area contributed by atoms with Crippen molar-refractivity contribution in [2.24, 2.45) is 0 Å². The van der Waals surface area contributed by atoms with Gasteiger partial charge in [0.05, 0.1) is 18.8 Å². The minimum Gasteiger partial charge on any atom is -0.493 e. The molecule has 2 rings (SSSR count). The number of ether oxygens (including phenoxy) is 2. The Kier molecular flexibility index (Phi) is 6.30. The highest BCUT2D eigenvalue weighted by Crippen LogP contribution is 2.30. The topological polar surface area (TPSA) is 59.3 Å². The summed E-state index contributed by atoms with van der Waals surface area (Å²) in [5, 5.41) is 9.34. The molecule has 0 aromatic heterocycles. The summed E-state index contributed by atoms with van der Waals surface area (Å²) >= 11 is 0. The van der Waals surface area contributed by atoms with Gasteiger partial charge >= 0.3 is 5.97 Å². The Labute approximate surface area is 146 Å². The van der Waals surface area contributed by atoms with Gasteiger partial charge in [0.25, 0.3) is 0 Å². The SMILES string of the molecule is CCCC(=O)Oc1ccc(/C=C(/C#N)c2ccccc2F)cc1OC. The van der Waals surface area contributed by atoms with E-state index in [4.69, 9.17) is 9.47 Å². The molecule has 0 fully saturated rings. The summed E-state index contributed by atoms with van der Waals surface area (Å²) < 4.78 is 24.4. The smallest absolute Gasteiger partial charge is 0.311 e. The largest absolute Gasteiger partial charge is 0.493 e. The monoisotopic (exact) mass is 339 g/mol. The lowest BCUT2D eigenvalue weighted by atomic mass is 10.0. The number of nitriles is 1. The molecule has 0 amide bonds. The number of nitrogens with zero attached hydrogens (tertiary/aromatic N) is 1. The van der Waals surface area contributed by atoms with Crippen molar-refractivity contribution in [2.75, 3.05) is 7.11 Å². The number of hydrogen-bond acceptors (Lipinski definition) is 4. The summed E-state index contributed by atoms with van der Waals surface area (Å²) in [6, 6.07) is 13.0. The van der Waals surface area contributed by atoms with Gasteiger partial charge in [-0.3, -0.25) is 4.79 Å². The highest BCUT2D eigenvalue weighted by atomic mass is 19.1. The van der Waals surface area contributed by atoms with E-state index in [2.05, 4.69) is 0 Å². The highest BCUT2D eigenvalue weighted by molar-refractivity contribution is 5.90. The zero-order chi connectivity index (χ0) is 18.2. The molecule has 4 nitrogen and oxygen atoms in total. The van der Waals surface area contributed by atoms with Gasteiger partial charge in [0.15, 0.2) is 11.5 Å². The molecule has 0 bridgehead atoms. The molecular formula is C20H18FNO3. The molecule has 128 valence electrons. The maximum atomic E-state index is 13.9. The van der Waals surface area contributed by atoms with Crippen molar-refractivity contribution in [3.8, 4) is 17.6 Å². The van der Waals surface area contributed by atoms with Crippen LogP contribution in [0.2, 0.25) is 0 Å². The van der Waals surface area contributed by atoms with Crippen molar-refractivity contribution in [3.05, 3.63) is 59.4 Å². The maximum Gasteiger partial charge on any atom is 0.311 e. The summed E-state index contributed by atoms with van der Waals surface area (Å²) in [4.78, 5) is 11.6. The van der Waals surface area contributed by atoms with E-state index in [1.54, 1.807) is 42.5 Å². The molecular weight excluding hydrogens is 321 g/mol. The summed E-state index contributed by atoms with van der Waals surface area (Å²) in [5.41, 5.74) is 1.05. The number of allylic oxidation sites excluding steroid dienone is 1. The van der Waals surface area contributed by atoms with Crippen molar-refractivity contribution in [3.63, 3.8) is 0 Å². The van der Waals surface area contributed by atoms with E-state index in [1.165, 1.54) is 13.2 Å². The van der Waals surface area contributed by atoms with Gasteiger partial charge in [-0.1, -0.05) is 31.2 Å². The lowest BCUT2D eigenvalue weighted by molar-refractivity contribution is -0.134. The van der Waals surface area contributed by atoms with Crippen molar-refractivity contribution >= 4 is 17.6 Å². The van der Waals surface area contributed by atoms with Gasteiger partial charge in [-0.25, -0.2) is 4.39 Å². The fourth-order valence-electron chi connectivity index (χ4n) is 2.25. The molecule has 0 unspecified atom stereocenters. The Balaban J connectivity index is 2.35. The predicted octanol–water partition coefficient (Wildman–Crippen LogP) is 4.60. The molecule has 5 heteroatoms. The number of esters is 1. The average molecular weight is 339 g/mol. The third-order valence-corrected chi connectivity index (χ3v) is 3.46. The number of rotatable bonds is 6. The zero-order valence-corrected chi connectivity index (χ0v) is 14.1.